The summed E-state index contributed by atoms with van der Waals surface area (Å²) in [6.45, 7) is 5.46. The molecule has 0 aromatic carbocycles. The van der Waals surface area contributed by atoms with Gasteiger partial charge in [0.2, 0.25) is 0 Å². The minimum atomic E-state index is 0.705. The van der Waals surface area contributed by atoms with Crippen molar-refractivity contribution >= 4 is 6.29 Å². The molecule has 0 spiro atoms. The monoisotopic (exact) mass is 228 g/mol. The Kier molecular flexibility index (Phi) is 10.9. The Morgan fingerprint density at radius 2 is 1.56 bits per heavy atom. The van der Waals surface area contributed by atoms with Gasteiger partial charge in [0.25, 0.3) is 0 Å². The molecule has 0 N–H and O–H groups in total. The molecular formula is C14H28O2. The largest absolute Gasteiger partial charge is 0.385 e. The first-order chi connectivity index (χ1) is 7.70. The molecule has 0 heterocycles. The summed E-state index contributed by atoms with van der Waals surface area (Å²) in [5.41, 5.74) is 0. The van der Waals surface area contributed by atoms with Crippen LogP contribution in [-0.2, 0) is 9.53 Å². The number of aldehydes is 1. The van der Waals surface area contributed by atoms with Gasteiger partial charge in [-0.1, -0.05) is 33.1 Å². The van der Waals surface area contributed by atoms with E-state index in [1.54, 1.807) is 7.11 Å². The standard InChI is InChI=1S/C14H28O2/c1-13(9-5-11-15)7-4-8-14(2)10-6-12-16-3/h11,13-14H,4-10,12H2,1-3H3. The molecule has 0 saturated heterocycles. The maximum absolute atomic E-state index is 10.2. The summed E-state index contributed by atoms with van der Waals surface area (Å²) in [5, 5.41) is 0. The lowest BCUT2D eigenvalue weighted by molar-refractivity contribution is -0.108. The second-order valence-corrected chi connectivity index (χ2v) is 5.02. The molecule has 0 bridgehead atoms. The van der Waals surface area contributed by atoms with Gasteiger partial charge >= 0.3 is 0 Å². The van der Waals surface area contributed by atoms with Crippen molar-refractivity contribution in [2.45, 2.75) is 58.8 Å². The van der Waals surface area contributed by atoms with Crippen molar-refractivity contribution in [3.63, 3.8) is 0 Å². The van der Waals surface area contributed by atoms with Crippen LogP contribution in [0.3, 0.4) is 0 Å². The van der Waals surface area contributed by atoms with Crippen LogP contribution in [0.1, 0.15) is 58.8 Å². The topological polar surface area (TPSA) is 26.3 Å². The number of hydrogen-bond donors (Lipinski definition) is 0. The van der Waals surface area contributed by atoms with Crippen molar-refractivity contribution in [1.82, 2.24) is 0 Å². The molecule has 0 fully saturated rings. The van der Waals surface area contributed by atoms with Gasteiger partial charge < -0.3 is 9.53 Å². The Bertz CT molecular complexity index is 157. The average molecular weight is 228 g/mol. The van der Waals surface area contributed by atoms with Gasteiger partial charge in [-0.2, -0.15) is 0 Å². The van der Waals surface area contributed by atoms with Gasteiger partial charge in [0.1, 0.15) is 6.29 Å². The summed E-state index contributed by atoms with van der Waals surface area (Å²) in [4.78, 5) is 10.2. The van der Waals surface area contributed by atoms with Crippen LogP contribution in [0.15, 0.2) is 0 Å². The Hall–Kier alpha value is -0.370. The lowest BCUT2D eigenvalue weighted by Crippen LogP contribution is -2.00. The Morgan fingerprint density at radius 3 is 2.12 bits per heavy atom. The molecule has 2 atom stereocenters. The predicted molar refractivity (Wildman–Crippen MR) is 68.6 cm³/mol. The maximum Gasteiger partial charge on any atom is 0.120 e. The molecule has 0 aliphatic rings. The maximum atomic E-state index is 10.2. The fourth-order valence-corrected chi connectivity index (χ4v) is 2.03. The van der Waals surface area contributed by atoms with Crippen LogP contribution in [-0.4, -0.2) is 20.0 Å². The fraction of sp³-hybridized carbons (Fsp3) is 0.929. The van der Waals surface area contributed by atoms with E-state index in [2.05, 4.69) is 13.8 Å². The first-order valence-electron chi connectivity index (χ1n) is 6.63. The highest BCUT2D eigenvalue weighted by Crippen LogP contribution is 2.18. The van der Waals surface area contributed by atoms with Crippen molar-refractivity contribution in [1.29, 1.82) is 0 Å². The van der Waals surface area contributed by atoms with Crippen LogP contribution in [0.25, 0.3) is 0 Å². The Labute approximate surface area is 101 Å². The van der Waals surface area contributed by atoms with Crippen LogP contribution >= 0.6 is 0 Å². The third kappa shape index (κ3) is 10.2. The second kappa shape index (κ2) is 11.1. The zero-order chi connectivity index (χ0) is 12.2. The van der Waals surface area contributed by atoms with Gasteiger partial charge in [0, 0.05) is 20.1 Å². The van der Waals surface area contributed by atoms with Crippen LogP contribution < -0.4 is 0 Å². The summed E-state index contributed by atoms with van der Waals surface area (Å²) >= 11 is 0. The summed E-state index contributed by atoms with van der Waals surface area (Å²) in [6.07, 6.45) is 9.15. The Balaban J connectivity index is 3.31. The normalized spacial score (nSPS) is 14.7. The van der Waals surface area contributed by atoms with Crippen LogP contribution in [0, 0.1) is 11.8 Å². The van der Waals surface area contributed by atoms with E-state index in [0.29, 0.717) is 5.92 Å². The minimum Gasteiger partial charge on any atom is -0.385 e. The number of carbonyl (C=O) groups is 1. The minimum absolute atomic E-state index is 0.705. The van der Waals surface area contributed by atoms with E-state index in [0.717, 1.165) is 31.7 Å². The SMILES string of the molecule is COCCCC(C)CCCC(C)CCC=O. The van der Waals surface area contributed by atoms with Gasteiger partial charge in [0.05, 0.1) is 0 Å². The quantitative estimate of drug-likeness (QED) is 0.397. The summed E-state index contributed by atoms with van der Waals surface area (Å²) in [5.74, 6) is 1.52. The van der Waals surface area contributed by atoms with Crippen molar-refractivity contribution in [2.24, 2.45) is 11.8 Å². The number of methoxy groups -OCH3 is 1. The molecule has 2 unspecified atom stereocenters. The highest BCUT2D eigenvalue weighted by atomic mass is 16.5. The van der Waals surface area contributed by atoms with E-state index in [9.17, 15) is 4.79 Å². The first kappa shape index (κ1) is 15.6. The van der Waals surface area contributed by atoms with E-state index in [-0.39, 0.29) is 0 Å². The molecule has 2 heteroatoms. The number of ether oxygens (including phenoxy) is 1. The molecule has 96 valence electrons. The lowest BCUT2D eigenvalue weighted by atomic mass is 9.94. The van der Waals surface area contributed by atoms with Crippen LogP contribution in [0.4, 0.5) is 0 Å². The molecule has 0 amide bonds. The van der Waals surface area contributed by atoms with E-state index in [1.165, 1.54) is 32.1 Å². The van der Waals surface area contributed by atoms with Gasteiger partial charge in [-0.3, -0.25) is 0 Å². The molecule has 0 radical (unpaired) electrons. The van der Waals surface area contributed by atoms with Gasteiger partial charge in [-0.15, -0.1) is 0 Å². The molecule has 0 aliphatic heterocycles. The van der Waals surface area contributed by atoms with Gasteiger partial charge in [-0.25, -0.2) is 0 Å². The number of hydrogen-bond acceptors (Lipinski definition) is 2. The van der Waals surface area contributed by atoms with E-state index in [1.807, 2.05) is 0 Å². The van der Waals surface area contributed by atoms with Crippen LogP contribution in [0.2, 0.25) is 0 Å². The van der Waals surface area contributed by atoms with Crippen LogP contribution in [0.5, 0.6) is 0 Å². The molecule has 0 saturated carbocycles. The summed E-state index contributed by atoms with van der Waals surface area (Å²) in [6, 6.07) is 0. The third-order valence-electron chi connectivity index (χ3n) is 3.22. The molecule has 16 heavy (non-hydrogen) atoms. The highest BCUT2D eigenvalue weighted by molar-refractivity contribution is 5.49. The zero-order valence-corrected chi connectivity index (χ0v) is 11.2. The first-order valence-corrected chi connectivity index (χ1v) is 6.63. The third-order valence-corrected chi connectivity index (χ3v) is 3.22. The fourth-order valence-electron chi connectivity index (χ4n) is 2.03. The van der Waals surface area contributed by atoms with Gasteiger partial charge in [-0.05, 0) is 31.1 Å². The van der Waals surface area contributed by atoms with Gasteiger partial charge in [0.15, 0.2) is 0 Å². The molecule has 2 nitrogen and oxygen atoms in total. The molecule has 0 aliphatic carbocycles. The zero-order valence-electron chi connectivity index (χ0n) is 11.2. The Morgan fingerprint density at radius 1 is 1.00 bits per heavy atom. The molecule has 0 aromatic rings. The van der Waals surface area contributed by atoms with E-state index < -0.39 is 0 Å². The average Bonchev–Trinajstić information content (AvgIpc) is 2.26. The molecule has 0 rings (SSSR count). The van der Waals surface area contributed by atoms with Crippen molar-refractivity contribution in [3.05, 3.63) is 0 Å². The number of carbonyl (C=O) groups excluding carboxylic acids is 1. The second-order valence-electron chi connectivity index (χ2n) is 5.02. The summed E-state index contributed by atoms with van der Waals surface area (Å²) in [7, 11) is 1.76. The number of rotatable bonds is 11. The smallest absolute Gasteiger partial charge is 0.120 e. The van der Waals surface area contributed by atoms with Crippen molar-refractivity contribution in [2.75, 3.05) is 13.7 Å². The van der Waals surface area contributed by atoms with Crippen molar-refractivity contribution in [3.8, 4) is 0 Å². The van der Waals surface area contributed by atoms with Crippen molar-refractivity contribution < 1.29 is 9.53 Å². The predicted octanol–water partition coefficient (Wildman–Crippen LogP) is 3.83. The molecular weight excluding hydrogens is 200 g/mol. The highest BCUT2D eigenvalue weighted by Gasteiger charge is 2.05. The lowest BCUT2D eigenvalue weighted by Gasteiger charge is -2.13. The van der Waals surface area contributed by atoms with E-state index >= 15 is 0 Å². The van der Waals surface area contributed by atoms with E-state index in [4.69, 9.17) is 4.74 Å². The molecule has 0 aromatic heterocycles. The summed E-state index contributed by atoms with van der Waals surface area (Å²) < 4.78 is 5.05.